The van der Waals surface area contributed by atoms with Crippen LogP contribution in [0.4, 0.5) is 5.69 Å². The SMILES string of the molecule is COc1ccc(Cn2c3ccccc3c3c(C(=O)Nc4c(Cl)cncc4Cl)cc(Cl)c(OC)c32)cc1. The maximum Gasteiger partial charge on any atom is 0.256 e. The number of fused-ring (bicyclic) bond motifs is 3. The average Bonchev–Trinajstić information content (AvgIpc) is 3.20. The van der Waals surface area contributed by atoms with Crippen molar-refractivity contribution >= 4 is 68.2 Å². The minimum atomic E-state index is -0.410. The number of carbonyl (C=O) groups is 1. The Morgan fingerprint density at radius 2 is 1.64 bits per heavy atom. The summed E-state index contributed by atoms with van der Waals surface area (Å²) in [5, 5.41) is 5.18. The number of methoxy groups -OCH3 is 2. The Balaban J connectivity index is 1.74. The Labute approximate surface area is 222 Å². The molecule has 3 aromatic carbocycles. The fourth-order valence-corrected chi connectivity index (χ4v) is 5.09. The molecule has 0 spiro atoms. The third kappa shape index (κ3) is 4.22. The highest BCUT2D eigenvalue weighted by Gasteiger charge is 2.24. The molecule has 0 atom stereocenters. The van der Waals surface area contributed by atoms with Gasteiger partial charge in [0.2, 0.25) is 0 Å². The second kappa shape index (κ2) is 9.90. The van der Waals surface area contributed by atoms with E-state index < -0.39 is 5.91 Å². The van der Waals surface area contributed by atoms with Gasteiger partial charge in [0.15, 0.2) is 5.75 Å². The number of nitrogens with one attached hydrogen (secondary N) is 1. The molecule has 2 heterocycles. The van der Waals surface area contributed by atoms with Gasteiger partial charge in [-0.05, 0) is 29.8 Å². The zero-order valence-corrected chi connectivity index (χ0v) is 21.6. The highest BCUT2D eigenvalue weighted by atomic mass is 35.5. The highest BCUT2D eigenvalue weighted by Crippen LogP contribution is 2.42. The lowest BCUT2D eigenvalue weighted by Crippen LogP contribution is -2.14. The van der Waals surface area contributed by atoms with Crippen molar-refractivity contribution in [1.82, 2.24) is 9.55 Å². The maximum atomic E-state index is 13.6. The molecule has 6 nitrogen and oxygen atoms in total. The minimum Gasteiger partial charge on any atom is -0.497 e. The zero-order chi connectivity index (χ0) is 25.4. The van der Waals surface area contributed by atoms with Crippen LogP contribution in [0, 0.1) is 0 Å². The summed E-state index contributed by atoms with van der Waals surface area (Å²) in [6.07, 6.45) is 2.83. The van der Waals surface area contributed by atoms with Crippen molar-refractivity contribution in [3.8, 4) is 11.5 Å². The summed E-state index contributed by atoms with van der Waals surface area (Å²) in [7, 11) is 3.19. The van der Waals surface area contributed by atoms with Gasteiger partial charge in [-0.1, -0.05) is 65.1 Å². The third-order valence-electron chi connectivity index (χ3n) is 5.98. The smallest absolute Gasteiger partial charge is 0.256 e. The molecule has 36 heavy (non-hydrogen) atoms. The Kier molecular flexibility index (Phi) is 6.67. The first kappa shape index (κ1) is 24.3. The first-order valence-electron chi connectivity index (χ1n) is 10.9. The number of hydrogen-bond acceptors (Lipinski definition) is 4. The molecule has 0 saturated carbocycles. The number of pyridine rings is 1. The van der Waals surface area contributed by atoms with Gasteiger partial charge in [0.25, 0.3) is 5.91 Å². The van der Waals surface area contributed by atoms with Crippen molar-refractivity contribution in [2.24, 2.45) is 0 Å². The molecule has 0 fully saturated rings. The second-order valence-corrected chi connectivity index (χ2v) is 9.27. The fourth-order valence-electron chi connectivity index (χ4n) is 4.35. The van der Waals surface area contributed by atoms with Gasteiger partial charge in [-0.15, -0.1) is 0 Å². The molecule has 0 bridgehead atoms. The molecule has 0 radical (unpaired) electrons. The number of carbonyl (C=O) groups excluding carboxylic acids is 1. The average molecular weight is 541 g/mol. The number of ether oxygens (including phenoxy) is 2. The number of nitrogens with zero attached hydrogens (tertiary/aromatic N) is 2. The van der Waals surface area contributed by atoms with E-state index in [4.69, 9.17) is 44.3 Å². The lowest BCUT2D eigenvalue weighted by atomic mass is 10.0. The van der Waals surface area contributed by atoms with E-state index in [2.05, 4.69) is 14.9 Å². The van der Waals surface area contributed by atoms with Gasteiger partial charge in [-0.2, -0.15) is 0 Å². The normalized spacial score (nSPS) is 11.1. The van der Waals surface area contributed by atoms with Crippen LogP contribution in [0.3, 0.4) is 0 Å². The summed E-state index contributed by atoms with van der Waals surface area (Å²) in [5.41, 5.74) is 3.32. The van der Waals surface area contributed by atoms with Crippen molar-refractivity contribution in [3.05, 3.63) is 93.2 Å². The molecule has 1 amide bonds. The highest BCUT2D eigenvalue weighted by molar-refractivity contribution is 6.40. The van der Waals surface area contributed by atoms with Crippen LogP contribution < -0.4 is 14.8 Å². The predicted molar refractivity (Wildman–Crippen MR) is 145 cm³/mol. The van der Waals surface area contributed by atoms with E-state index in [0.29, 0.717) is 33.8 Å². The molecule has 0 aliphatic rings. The monoisotopic (exact) mass is 539 g/mol. The third-order valence-corrected chi connectivity index (χ3v) is 6.84. The molecular weight excluding hydrogens is 521 g/mol. The van der Waals surface area contributed by atoms with E-state index in [9.17, 15) is 4.79 Å². The molecule has 0 unspecified atom stereocenters. The van der Waals surface area contributed by atoms with Crippen LogP contribution in [-0.4, -0.2) is 29.7 Å². The number of para-hydroxylation sites is 1. The van der Waals surface area contributed by atoms with E-state index in [1.54, 1.807) is 20.3 Å². The van der Waals surface area contributed by atoms with Crippen LogP contribution in [0.1, 0.15) is 15.9 Å². The molecular formula is C27H20Cl3N3O3. The van der Waals surface area contributed by atoms with Gasteiger partial charge in [0, 0.05) is 35.2 Å². The van der Waals surface area contributed by atoms with Gasteiger partial charge in [-0.25, -0.2) is 0 Å². The summed E-state index contributed by atoms with van der Waals surface area (Å²) in [5.74, 6) is 0.841. The fraction of sp³-hybridized carbons (Fsp3) is 0.111. The van der Waals surface area contributed by atoms with Gasteiger partial charge in [0.05, 0.1) is 46.1 Å². The predicted octanol–water partition coefficient (Wildman–Crippen LogP) is 7.47. The summed E-state index contributed by atoms with van der Waals surface area (Å²) < 4.78 is 13.1. The largest absolute Gasteiger partial charge is 0.497 e. The molecule has 0 aliphatic carbocycles. The van der Waals surface area contributed by atoms with Crippen LogP contribution in [-0.2, 0) is 6.54 Å². The van der Waals surface area contributed by atoms with E-state index in [-0.39, 0.29) is 15.7 Å². The molecule has 0 aliphatic heterocycles. The van der Waals surface area contributed by atoms with Crippen molar-refractivity contribution in [3.63, 3.8) is 0 Å². The Hall–Kier alpha value is -3.45. The van der Waals surface area contributed by atoms with Crippen LogP contribution in [0.5, 0.6) is 11.5 Å². The number of anilines is 1. The Morgan fingerprint density at radius 3 is 2.31 bits per heavy atom. The number of hydrogen-bond donors (Lipinski definition) is 1. The molecule has 5 rings (SSSR count). The first-order chi connectivity index (χ1) is 17.4. The van der Waals surface area contributed by atoms with Gasteiger partial charge in [0.1, 0.15) is 5.75 Å². The van der Waals surface area contributed by atoms with E-state index in [1.165, 1.54) is 12.4 Å². The van der Waals surface area contributed by atoms with E-state index >= 15 is 0 Å². The number of halogens is 3. The van der Waals surface area contributed by atoms with Crippen LogP contribution in [0.25, 0.3) is 21.8 Å². The molecule has 2 aromatic heterocycles. The Morgan fingerprint density at radius 1 is 0.944 bits per heavy atom. The second-order valence-electron chi connectivity index (χ2n) is 8.05. The van der Waals surface area contributed by atoms with E-state index in [0.717, 1.165) is 22.2 Å². The van der Waals surface area contributed by atoms with Crippen LogP contribution in [0.2, 0.25) is 15.1 Å². The Bertz CT molecular complexity index is 1590. The molecule has 0 saturated heterocycles. The minimum absolute atomic E-state index is 0.230. The van der Waals surface area contributed by atoms with Crippen molar-refractivity contribution < 1.29 is 14.3 Å². The maximum absolute atomic E-state index is 13.6. The molecule has 1 N–H and O–H groups in total. The van der Waals surface area contributed by atoms with Crippen LogP contribution in [0.15, 0.2) is 67.0 Å². The first-order valence-corrected chi connectivity index (χ1v) is 12.1. The van der Waals surface area contributed by atoms with Gasteiger partial charge in [-0.3, -0.25) is 9.78 Å². The standard InChI is InChI=1S/C27H20Cl3N3O3/c1-35-16-9-7-15(8-10-16)14-33-22-6-4-3-5-17(22)23-18(11-19(28)26(36-2)25(23)33)27(34)32-24-20(29)12-31-13-21(24)30/h3-13H,14H2,1-2H3,(H,31,32,34). The van der Waals surface area contributed by atoms with Crippen molar-refractivity contribution in [2.45, 2.75) is 6.54 Å². The summed E-state index contributed by atoms with van der Waals surface area (Å²) in [4.78, 5) is 17.5. The lowest BCUT2D eigenvalue weighted by Gasteiger charge is -2.15. The van der Waals surface area contributed by atoms with Gasteiger partial charge >= 0.3 is 0 Å². The van der Waals surface area contributed by atoms with Crippen molar-refractivity contribution in [2.75, 3.05) is 19.5 Å². The van der Waals surface area contributed by atoms with Gasteiger partial charge < -0.3 is 19.4 Å². The number of benzene rings is 3. The quantitative estimate of drug-likeness (QED) is 0.243. The number of amides is 1. The molecule has 5 aromatic rings. The lowest BCUT2D eigenvalue weighted by molar-refractivity contribution is 0.102. The molecule has 9 heteroatoms. The summed E-state index contributed by atoms with van der Waals surface area (Å²) in [6.45, 7) is 0.522. The number of rotatable bonds is 6. The summed E-state index contributed by atoms with van der Waals surface area (Å²) >= 11 is 19.2. The zero-order valence-electron chi connectivity index (χ0n) is 19.3. The molecule has 182 valence electrons. The van der Waals surface area contributed by atoms with Crippen LogP contribution >= 0.6 is 34.8 Å². The van der Waals surface area contributed by atoms with E-state index in [1.807, 2.05) is 48.5 Å². The number of aromatic nitrogens is 2. The topological polar surface area (TPSA) is 65.4 Å². The summed E-state index contributed by atoms with van der Waals surface area (Å²) in [6, 6.07) is 17.3. The van der Waals surface area contributed by atoms with Crippen molar-refractivity contribution in [1.29, 1.82) is 0 Å².